The Hall–Kier alpha value is -0.960. The topological polar surface area (TPSA) is 12.0 Å². The first-order valence-corrected chi connectivity index (χ1v) is 6.29. The summed E-state index contributed by atoms with van der Waals surface area (Å²) in [6.07, 6.45) is 2.74. The van der Waals surface area contributed by atoms with Crippen molar-refractivity contribution in [3.05, 3.63) is 34.9 Å². The van der Waals surface area contributed by atoms with Crippen LogP contribution in [0.3, 0.4) is 0 Å². The molecule has 0 aromatic heterocycles. The Kier molecular flexibility index (Phi) is 5.56. The smallest absolute Gasteiger partial charge is 0.128 e. The van der Waals surface area contributed by atoms with Crippen LogP contribution in [-0.2, 0) is 0 Å². The Morgan fingerprint density at radius 2 is 1.82 bits per heavy atom. The fraction of sp³-hybridized carbons (Fsp3) is 0.571. The van der Waals surface area contributed by atoms with Crippen LogP contribution in [0.15, 0.2) is 12.1 Å². The van der Waals surface area contributed by atoms with Gasteiger partial charge < -0.3 is 5.32 Å². The zero-order chi connectivity index (χ0) is 12.8. The van der Waals surface area contributed by atoms with Gasteiger partial charge in [-0.3, -0.25) is 0 Å². The van der Waals surface area contributed by atoms with E-state index in [-0.39, 0.29) is 17.7 Å². The van der Waals surface area contributed by atoms with E-state index in [4.69, 9.17) is 0 Å². The molecule has 0 saturated heterocycles. The molecule has 1 aromatic rings. The van der Waals surface area contributed by atoms with Gasteiger partial charge in [0.25, 0.3) is 0 Å². The van der Waals surface area contributed by atoms with Crippen molar-refractivity contribution in [2.24, 2.45) is 0 Å². The van der Waals surface area contributed by atoms with E-state index < -0.39 is 0 Å². The lowest BCUT2D eigenvalue weighted by Gasteiger charge is -2.19. The summed E-state index contributed by atoms with van der Waals surface area (Å²) >= 11 is 0. The molecule has 0 aliphatic rings. The number of rotatable bonds is 6. The normalized spacial score (nSPS) is 12.8. The van der Waals surface area contributed by atoms with Gasteiger partial charge in [-0.1, -0.05) is 20.3 Å². The molecular weight excluding hydrogens is 220 g/mol. The van der Waals surface area contributed by atoms with E-state index >= 15 is 0 Å². The number of hydrogen-bond donors (Lipinski definition) is 1. The van der Waals surface area contributed by atoms with Gasteiger partial charge in [0.1, 0.15) is 11.6 Å². The van der Waals surface area contributed by atoms with Crippen LogP contribution in [0.5, 0.6) is 0 Å². The summed E-state index contributed by atoms with van der Waals surface area (Å²) in [5.74, 6) is -0.647. The van der Waals surface area contributed by atoms with Gasteiger partial charge in [-0.05, 0) is 44.0 Å². The van der Waals surface area contributed by atoms with Crippen LogP contribution in [0.2, 0.25) is 0 Å². The molecule has 0 heterocycles. The van der Waals surface area contributed by atoms with Gasteiger partial charge in [0.05, 0.1) is 0 Å². The molecule has 1 nitrogen and oxygen atoms in total. The van der Waals surface area contributed by atoms with Gasteiger partial charge in [0.15, 0.2) is 0 Å². The maximum atomic E-state index is 13.8. The van der Waals surface area contributed by atoms with Crippen LogP contribution in [-0.4, -0.2) is 6.54 Å². The molecule has 1 rings (SSSR count). The summed E-state index contributed by atoms with van der Waals surface area (Å²) < 4.78 is 27.3. The molecule has 0 spiro atoms. The first-order valence-electron chi connectivity index (χ1n) is 6.29. The van der Waals surface area contributed by atoms with E-state index in [0.29, 0.717) is 11.1 Å². The molecular formula is C14H21F2N. The van der Waals surface area contributed by atoms with Crippen molar-refractivity contribution in [1.29, 1.82) is 0 Å². The summed E-state index contributed by atoms with van der Waals surface area (Å²) in [5, 5.41) is 3.27. The fourth-order valence-electron chi connectivity index (χ4n) is 1.90. The SMILES string of the molecule is CCCNC(CCC)c1cc(F)c(C)cc1F. The maximum Gasteiger partial charge on any atom is 0.128 e. The van der Waals surface area contributed by atoms with Crippen LogP contribution >= 0.6 is 0 Å². The van der Waals surface area contributed by atoms with Crippen LogP contribution < -0.4 is 5.32 Å². The molecule has 0 saturated carbocycles. The van der Waals surface area contributed by atoms with E-state index in [9.17, 15) is 8.78 Å². The molecule has 1 N–H and O–H groups in total. The third-order valence-corrected chi connectivity index (χ3v) is 2.87. The molecule has 17 heavy (non-hydrogen) atoms. The molecule has 96 valence electrons. The molecule has 3 heteroatoms. The van der Waals surface area contributed by atoms with Crippen molar-refractivity contribution in [3.63, 3.8) is 0 Å². The van der Waals surface area contributed by atoms with E-state index in [0.717, 1.165) is 25.8 Å². The predicted octanol–water partition coefficient (Wildman–Crippen LogP) is 4.11. The van der Waals surface area contributed by atoms with Crippen molar-refractivity contribution < 1.29 is 8.78 Å². The highest BCUT2D eigenvalue weighted by molar-refractivity contribution is 5.27. The van der Waals surface area contributed by atoms with Crippen LogP contribution in [0, 0.1) is 18.6 Å². The van der Waals surface area contributed by atoms with Gasteiger partial charge in [0, 0.05) is 11.6 Å². The lowest BCUT2D eigenvalue weighted by molar-refractivity contribution is 0.464. The van der Waals surface area contributed by atoms with Crippen LogP contribution in [0.1, 0.15) is 50.3 Å². The summed E-state index contributed by atoms with van der Waals surface area (Å²) in [7, 11) is 0. The molecule has 0 bridgehead atoms. The van der Waals surface area contributed by atoms with Gasteiger partial charge in [-0.25, -0.2) is 8.78 Å². The Morgan fingerprint density at radius 3 is 2.41 bits per heavy atom. The van der Waals surface area contributed by atoms with Gasteiger partial charge in [-0.15, -0.1) is 0 Å². The summed E-state index contributed by atoms with van der Waals surface area (Å²) in [5.41, 5.74) is 0.806. The van der Waals surface area contributed by atoms with E-state index in [1.807, 2.05) is 6.92 Å². The highest BCUT2D eigenvalue weighted by Gasteiger charge is 2.16. The molecule has 0 aliphatic carbocycles. The Labute approximate surface area is 102 Å². The van der Waals surface area contributed by atoms with E-state index in [1.54, 1.807) is 6.92 Å². The first-order chi connectivity index (χ1) is 8.10. The number of benzene rings is 1. The molecule has 1 unspecified atom stereocenters. The minimum absolute atomic E-state index is 0.0879. The highest BCUT2D eigenvalue weighted by atomic mass is 19.1. The lowest BCUT2D eigenvalue weighted by Crippen LogP contribution is -2.23. The molecule has 0 aliphatic heterocycles. The molecule has 0 fully saturated rings. The van der Waals surface area contributed by atoms with E-state index in [1.165, 1.54) is 12.1 Å². The fourth-order valence-corrected chi connectivity index (χ4v) is 1.90. The quantitative estimate of drug-likeness (QED) is 0.790. The van der Waals surface area contributed by atoms with Crippen molar-refractivity contribution >= 4 is 0 Å². The molecule has 0 amide bonds. The summed E-state index contributed by atoms with van der Waals surface area (Å²) in [6, 6.07) is 2.52. The van der Waals surface area contributed by atoms with Crippen molar-refractivity contribution in [2.75, 3.05) is 6.54 Å². The Bertz CT molecular complexity index is 363. The Morgan fingerprint density at radius 1 is 1.12 bits per heavy atom. The average Bonchev–Trinajstić information content (AvgIpc) is 2.29. The van der Waals surface area contributed by atoms with E-state index in [2.05, 4.69) is 12.2 Å². The molecule has 1 atom stereocenters. The first kappa shape index (κ1) is 14.1. The number of aryl methyl sites for hydroxylation is 1. The zero-order valence-electron chi connectivity index (χ0n) is 10.8. The summed E-state index contributed by atoms with van der Waals surface area (Å²) in [6.45, 7) is 6.50. The molecule has 1 aromatic carbocycles. The highest BCUT2D eigenvalue weighted by Crippen LogP contribution is 2.24. The van der Waals surface area contributed by atoms with Crippen LogP contribution in [0.4, 0.5) is 8.78 Å². The van der Waals surface area contributed by atoms with Crippen LogP contribution in [0.25, 0.3) is 0 Å². The van der Waals surface area contributed by atoms with Gasteiger partial charge in [-0.2, -0.15) is 0 Å². The third kappa shape index (κ3) is 3.77. The predicted molar refractivity (Wildman–Crippen MR) is 67.0 cm³/mol. The number of halogens is 2. The van der Waals surface area contributed by atoms with Crippen molar-refractivity contribution in [2.45, 2.75) is 46.1 Å². The minimum atomic E-state index is -0.333. The second-order valence-electron chi connectivity index (χ2n) is 4.42. The Balaban J connectivity index is 2.96. The number of nitrogens with one attached hydrogen (secondary N) is 1. The number of hydrogen-bond acceptors (Lipinski definition) is 1. The summed E-state index contributed by atoms with van der Waals surface area (Å²) in [4.78, 5) is 0. The van der Waals surface area contributed by atoms with Crippen molar-refractivity contribution in [3.8, 4) is 0 Å². The molecule has 0 radical (unpaired) electrons. The second-order valence-corrected chi connectivity index (χ2v) is 4.42. The van der Waals surface area contributed by atoms with Gasteiger partial charge >= 0.3 is 0 Å². The monoisotopic (exact) mass is 241 g/mol. The average molecular weight is 241 g/mol. The standard InChI is InChI=1S/C14H21F2N/c1-4-6-14(17-7-5-2)11-9-12(15)10(3)8-13(11)16/h8-9,14,17H,4-7H2,1-3H3. The second kappa shape index (κ2) is 6.70. The minimum Gasteiger partial charge on any atom is -0.310 e. The largest absolute Gasteiger partial charge is 0.310 e. The zero-order valence-corrected chi connectivity index (χ0v) is 10.8. The maximum absolute atomic E-state index is 13.8. The lowest BCUT2D eigenvalue weighted by atomic mass is 10.00. The third-order valence-electron chi connectivity index (χ3n) is 2.87. The van der Waals surface area contributed by atoms with Crippen molar-refractivity contribution in [1.82, 2.24) is 5.32 Å². The van der Waals surface area contributed by atoms with Gasteiger partial charge in [0.2, 0.25) is 0 Å².